The average Bonchev–Trinajstić information content (AvgIpc) is 3.60. The van der Waals surface area contributed by atoms with E-state index in [1.54, 1.807) is 41.6 Å². The lowest BCUT2D eigenvalue weighted by Crippen LogP contribution is -2.37. The van der Waals surface area contributed by atoms with E-state index >= 15 is 0 Å². The maximum absolute atomic E-state index is 13.2. The predicted molar refractivity (Wildman–Crippen MR) is 144 cm³/mol. The van der Waals surface area contributed by atoms with Crippen molar-refractivity contribution < 1.29 is 22.4 Å². The third-order valence-corrected chi connectivity index (χ3v) is 9.26. The Labute approximate surface area is 220 Å². The number of sulfonamides is 1. The van der Waals surface area contributed by atoms with Crippen molar-refractivity contribution in [3.8, 4) is 33.3 Å². The molecule has 1 saturated heterocycles. The van der Waals surface area contributed by atoms with Crippen LogP contribution in [0.25, 0.3) is 33.3 Å². The minimum absolute atomic E-state index is 0.292. The molecule has 0 unspecified atom stereocenters. The molecule has 1 fully saturated rings. The van der Waals surface area contributed by atoms with Gasteiger partial charge in [0.15, 0.2) is 10.8 Å². The van der Waals surface area contributed by atoms with Crippen molar-refractivity contribution in [2.75, 3.05) is 19.7 Å². The first-order valence-electron chi connectivity index (χ1n) is 12.3. The largest absolute Gasteiger partial charge is 0.462 e. The van der Waals surface area contributed by atoms with Crippen LogP contribution in [-0.4, -0.2) is 43.4 Å². The predicted octanol–water partition coefficient (Wildman–Crippen LogP) is 6.33. The van der Waals surface area contributed by atoms with Crippen LogP contribution in [0.1, 0.15) is 37.0 Å². The third-order valence-electron chi connectivity index (χ3n) is 6.51. The van der Waals surface area contributed by atoms with Crippen LogP contribution in [0.3, 0.4) is 0 Å². The van der Waals surface area contributed by atoms with Crippen molar-refractivity contribution in [1.29, 1.82) is 0 Å². The molecule has 4 aromatic rings. The topological polar surface area (TPSA) is 89.7 Å². The third kappa shape index (κ3) is 5.39. The minimum Gasteiger partial charge on any atom is -0.462 e. The number of aromatic nitrogens is 1. The van der Waals surface area contributed by atoms with Gasteiger partial charge in [-0.3, -0.25) is 0 Å². The van der Waals surface area contributed by atoms with Crippen LogP contribution in [-0.2, 0) is 14.8 Å². The van der Waals surface area contributed by atoms with Crippen molar-refractivity contribution in [3.63, 3.8) is 0 Å². The molecule has 7 nitrogen and oxygen atoms in total. The highest BCUT2D eigenvalue weighted by Crippen LogP contribution is 2.34. The number of thiazole rings is 1. The maximum atomic E-state index is 13.2. The van der Waals surface area contributed by atoms with Crippen LogP contribution in [0.2, 0.25) is 0 Å². The summed E-state index contributed by atoms with van der Waals surface area (Å²) in [7, 11) is -3.54. The normalized spacial score (nSPS) is 15.1. The van der Waals surface area contributed by atoms with Crippen LogP contribution >= 0.6 is 11.3 Å². The Morgan fingerprint density at radius 3 is 2.51 bits per heavy atom. The number of carbonyl (C=O) groups excluding carboxylic acids is 1. The number of benzene rings is 2. The molecule has 0 N–H and O–H groups in total. The summed E-state index contributed by atoms with van der Waals surface area (Å²) in [5.41, 5.74) is 2.76. The van der Waals surface area contributed by atoms with Crippen LogP contribution in [0.5, 0.6) is 0 Å². The fourth-order valence-electron chi connectivity index (χ4n) is 4.30. The number of piperidine rings is 1. The molecule has 192 valence electrons. The van der Waals surface area contributed by atoms with Gasteiger partial charge in [0.25, 0.3) is 0 Å². The first-order valence-corrected chi connectivity index (χ1v) is 14.6. The molecule has 0 saturated carbocycles. The smallest absolute Gasteiger partial charge is 0.338 e. The number of esters is 1. The number of hydrogen-bond donors (Lipinski definition) is 0. The summed E-state index contributed by atoms with van der Waals surface area (Å²) in [6, 6.07) is 17.8. The molecule has 2 aromatic carbocycles. The molecule has 0 spiro atoms. The van der Waals surface area contributed by atoms with Gasteiger partial charge in [-0.05, 0) is 62.1 Å². The average molecular weight is 537 g/mol. The Hall–Kier alpha value is -3.27. The van der Waals surface area contributed by atoms with Gasteiger partial charge in [-0.1, -0.05) is 31.2 Å². The Kier molecular flexibility index (Phi) is 7.28. The van der Waals surface area contributed by atoms with Gasteiger partial charge in [0.1, 0.15) is 5.76 Å². The van der Waals surface area contributed by atoms with Gasteiger partial charge in [0.05, 0.1) is 22.8 Å². The second-order valence-electron chi connectivity index (χ2n) is 9.11. The molecule has 5 rings (SSSR count). The van der Waals surface area contributed by atoms with Crippen molar-refractivity contribution in [3.05, 3.63) is 71.6 Å². The van der Waals surface area contributed by atoms with E-state index in [4.69, 9.17) is 14.1 Å². The highest BCUT2D eigenvalue weighted by molar-refractivity contribution is 7.89. The maximum Gasteiger partial charge on any atom is 0.338 e. The van der Waals surface area contributed by atoms with E-state index in [-0.39, 0.29) is 5.97 Å². The standard InChI is InChI=1S/C28H28N2O5S2/c1-3-34-28(31)21-9-7-20(8-10-21)25-11-12-26(35-25)27-29-24(18-36-27)22-5-4-6-23(17-22)37(32,33)30-15-13-19(2)14-16-30/h4-12,17-19H,3,13-16H2,1-2H3. The first kappa shape index (κ1) is 25.4. The van der Waals surface area contributed by atoms with E-state index in [1.807, 2.05) is 35.7 Å². The van der Waals surface area contributed by atoms with Gasteiger partial charge in [0.2, 0.25) is 10.0 Å². The molecule has 9 heteroatoms. The van der Waals surface area contributed by atoms with Gasteiger partial charge >= 0.3 is 5.97 Å². The zero-order valence-electron chi connectivity index (χ0n) is 20.7. The molecule has 2 aromatic heterocycles. The molecule has 1 aliphatic heterocycles. The highest BCUT2D eigenvalue weighted by Gasteiger charge is 2.28. The summed E-state index contributed by atoms with van der Waals surface area (Å²) >= 11 is 1.43. The zero-order valence-corrected chi connectivity index (χ0v) is 22.3. The molecular weight excluding hydrogens is 508 g/mol. The Morgan fingerprint density at radius 2 is 1.78 bits per heavy atom. The molecule has 0 atom stereocenters. The Bertz CT molecular complexity index is 1500. The SMILES string of the molecule is CCOC(=O)c1ccc(-c2ccc(-c3nc(-c4cccc(S(=O)(=O)N5CCC(C)CC5)c4)cs3)o2)cc1. The van der Waals surface area contributed by atoms with Crippen LogP contribution < -0.4 is 0 Å². The second-order valence-corrected chi connectivity index (χ2v) is 11.9. The van der Waals surface area contributed by atoms with E-state index < -0.39 is 10.0 Å². The number of carbonyl (C=O) groups is 1. The van der Waals surface area contributed by atoms with E-state index in [9.17, 15) is 13.2 Å². The Balaban J connectivity index is 1.34. The molecule has 0 radical (unpaired) electrons. The molecule has 0 amide bonds. The van der Waals surface area contributed by atoms with Crippen molar-refractivity contribution in [2.24, 2.45) is 5.92 Å². The van der Waals surface area contributed by atoms with Crippen molar-refractivity contribution in [1.82, 2.24) is 9.29 Å². The van der Waals surface area contributed by atoms with Gasteiger partial charge in [-0.25, -0.2) is 18.2 Å². The molecule has 0 bridgehead atoms. The van der Waals surface area contributed by atoms with Gasteiger partial charge in [0, 0.05) is 29.6 Å². The quantitative estimate of drug-likeness (QED) is 0.256. The van der Waals surface area contributed by atoms with Gasteiger partial charge in [-0.2, -0.15) is 4.31 Å². The lowest BCUT2D eigenvalue weighted by Gasteiger charge is -2.29. The molecule has 0 aliphatic carbocycles. The highest BCUT2D eigenvalue weighted by atomic mass is 32.2. The number of rotatable bonds is 7. The van der Waals surface area contributed by atoms with Crippen molar-refractivity contribution in [2.45, 2.75) is 31.6 Å². The number of hydrogen-bond acceptors (Lipinski definition) is 7. The molecule has 3 heterocycles. The summed E-state index contributed by atoms with van der Waals surface area (Å²) < 4.78 is 39.1. The van der Waals surface area contributed by atoms with E-state index in [0.717, 1.165) is 24.0 Å². The monoisotopic (exact) mass is 536 g/mol. The van der Waals surface area contributed by atoms with E-state index in [0.29, 0.717) is 58.3 Å². The lowest BCUT2D eigenvalue weighted by atomic mass is 10.0. The van der Waals surface area contributed by atoms with E-state index in [1.165, 1.54) is 11.3 Å². The summed E-state index contributed by atoms with van der Waals surface area (Å²) in [4.78, 5) is 16.9. The number of nitrogens with zero attached hydrogens (tertiary/aromatic N) is 2. The molecular formula is C28H28N2O5S2. The lowest BCUT2D eigenvalue weighted by molar-refractivity contribution is 0.0526. The molecule has 37 heavy (non-hydrogen) atoms. The summed E-state index contributed by atoms with van der Waals surface area (Å²) in [6.45, 7) is 5.38. The summed E-state index contributed by atoms with van der Waals surface area (Å²) in [5, 5.41) is 2.60. The number of ether oxygens (including phenoxy) is 1. The van der Waals surface area contributed by atoms with Crippen LogP contribution in [0, 0.1) is 5.92 Å². The fourth-order valence-corrected chi connectivity index (χ4v) is 6.61. The zero-order chi connectivity index (χ0) is 26.0. The van der Waals surface area contributed by atoms with E-state index in [2.05, 4.69) is 6.92 Å². The Morgan fingerprint density at radius 1 is 1.05 bits per heavy atom. The van der Waals surface area contributed by atoms with Gasteiger partial charge in [-0.15, -0.1) is 11.3 Å². The second kappa shape index (κ2) is 10.6. The van der Waals surface area contributed by atoms with Crippen LogP contribution in [0.15, 0.2) is 75.4 Å². The first-order chi connectivity index (χ1) is 17.8. The fraction of sp³-hybridized carbons (Fsp3) is 0.286. The van der Waals surface area contributed by atoms with Crippen LogP contribution in [0.4, 0.5) is 0 Å². The summed E-state index contributed by atoms with van der Waals surface area (Å²) in [6.07, 6.45) is 1.77. The molecule has 1 aliphatic rings. The van der Waals surface area contributed by atoms with Gasteiger partial charge < -0.3 is 9.15 Å². The summed E-state index contributed by atoms with van der Waals surface area (Å²) in [5.74, 6) is 1.47. The van der Waals surface area contributed by atoms with Crippen molar-refractivity contribution >= 4 is 27.3 Å². The minimum atomic E-state index is -3.54. The number of furan rings is 1.